The van der Waals surface area contributed by atoms with Crippen LogP contribution in [0.25, 0.3) is 0 Å². The van der Waals surface area contributed by atoms with Crippen LogP contribution in [0.2, 0.25) is 0 Å². The SMILES string of the molecule is C=C1SC(=S)N(c2cccc(OCc3ccc(C(C)=O)c(O)c3CCC)c2)C1=O. The highest BCUT2D eigenvalue weighted by Gasteiger charge is 2.32. The van der Waals surface area contributed by atoms with E-state index in [9.17, 15) is 14.7 Å². The van der Waals surface area contributed by atoms with E-state index in [4.69, 9.17) is 17.0 Å². The highest BCUT2D eigenvalue weighted by molar-refractivity contribution is 8.27. The fourth-order valence-corrected chi connectivity index (χ4v) is 4.28. The summed E-state index contributed by atoms with van der Waals surface area (Å²) < 4.78 is 6.36. The lowest BCUT2D eigenvalue weighted by Crippen LogP contribution is -2.27. The average Bonchev–Trinajstić information content (AvgIpc) is 2.94. The number of ether oxygens (including phenoxy) is 1. The van der Waals surface area contributed by atoms with Gasteiger partial charge in [-0.25, -0.2) is 0 Å². The van der Waals surface area contributed by atoms with E-state index in [1.807, 2.05) is 13.0 Å². The van der Waals surface area contributed by atoms with E-state index in [1.54, 1.807) is 30.3 Å². The Bertz CT molecular complexity index is 1020. The Morgan fingerprint density at radius 1 is 1.31 bits per heavy atom. The Hall–Kier alpha value is -2.64. The van der Waals surface area contributed by atoms with Crippen LogP contribution in [0, 0.1) is 0 Å². The molecule has 1 amide bonds. The Kier molecular flexibility index (Phi) is 6.39. The third-order valence-electron chi connectivity index (χ3n) is 4.56. The number of rotatable bonds is 7. The normalized spacial score (nSPS) is 13.9. The Labute approximate surface area is 179 Å². The summed E-state index contributed by atoms with van der Waals surface area (Å²) in [4.78, 5) is 25.8. The first-order chi connectivity index (χ1) is 13.8. The molecule has 0 bridgehead atoms. The van der Waals surface area contributed by atoms with Crippen LogP contribution >= 0.6 is 24.0 Å². The highest BCUT2D eigenvalue weighted by Crippen LogP contribution is 2.35. The Morgan fingerprint density at radius 3 is 2.69 bits per heavy atom. The van der Waals surface area contributed by atoms with E-state index in [0.29, 0.717) is 32.6 Å². The molecule has 7 heteroatoms. The number of hydrogen-bond acceptors (Lipinski definition) is 6. The Balaban J connectivity index is 1.83. The van der Waals surface area contributed by atoms with Crippen molar-refractivity contribution in [2.45, 2.75) is 33.3 Å². The van der Waals surface area contributed by atoms with Gasteiger partial charge in [0.1, 0.15) is 18.1 Å². The lowest BCUT2D eigenvalue weighted by molar-refractivity contribution is -0.113. The Morgan fingerprint density at radius 2 is 2.07 bits per heavy atom. The molecular formula is C22H21NO4S2. The van der Waals surface area contributed by atoms with E-state index in [1.165, 1.54) is 23.6 Å². The molecular weight excluding hydrogens is 406 g/mol. The summed E-state index contributed by atoms with van der Waals surface area (Å²) in [5.41, 5.74) is 2.47. The van der Waals surface area contributed by atoms with Gasteiger partial charge in [-0.1, -0.05) is 56.0 Å². The maximum Gasteiger partial charge on any atom is 0.270 e. The molecule has 0 saturated carbocycles. The second kappa shape index (κ2) is 8.80. The minimum absolute atomic E-state index is 0.0257. The molecule has 0 radical (unpaired) electrons. The molecule has 1 heterocycles. The van der Waals surface area contributed by atoms with Crippen molar-refractivity contribution in [3.63, 3.8) is 0 Å². The van der Waals surface area contributed by atoms with Gasteiger partial charge in [0.25, 0.3) is 5.91 Å². The number of Topliss-reactive ketones (excluding diaryl/α,β-unsaturated/α-hetero) is 1. The molecule has 1 N–H and O–H groups in total. The predicted octanol–water partition coefficient (Wildman–Crippen LogP) is 5.00. The number of carbonyl (C=O) groups is 2. The monoisotopic (exact) mass is 427 g/mol. The fourth-order valence-electron chi connectivity index (χ4n) is 3.12. The molecule has 1 aliphatic heterocycles. The molecule has 150 valence electrons. The summed E-state index contributed by atoms with van der Waals surface area (Å²) in [5, 5.41) is 10.5. The van der Waals surface area contributed by atoms with Gasteiger partial charge >= 0.3 is 0 Å². The van der Waals surface area contributed by atoms with Crippen LogP contribution in [0.3, 0.4) is 0 Å². The molecule has 5 nitrogen and oxygen atoms in total. The van der Waals surface area contributed by atoms with Crippen LogP contribution in [-0.4, -0.2) is 21.1 Å². The second-order valence-electron chi connectivity index (χ2n) is 6.62. The van der Waals surface area contributed by atoms with Gasteiger partial charge in [0.05, 0.1) is 16.2 Å². The summed E-state index contributed by atoms with van der Waals surface area (Å²) in [6, 6.07) is 10.5. The van der Waals surface area contributed by atoms with Gasteiger partial charge in [-0.05, 0) is 37.1 Å². The molecule has 0 aliphatic carbocycles. The topological polar surface area (TPSA) is 66.8 Å². The van der Waals surface area contributed by atoms with E-state index < -0.39 is 0 Å². The highest BCUT2D eigenvalue weighted by atomic mass is 32.2. The number of thiocarbonyl (C=S) groups is 1. The van der Waals surface area contributed by atoms with Crippen molar-refractivity contribution >= 4 is 45.7 Å². The largest absolute Gasteiger partial charge is 0.507 e. The number of phenolic OH excluding ortho intramolecular Hbond substituents is 1. The number of thioether (sulfide) groups is 1. The van der Waals surface area contributed by atoms with Gasteiger partial charge in [0.2, 0.25) is 0 Å². The van der Waals surface area contributed by atoms with E-state index in [-0.39, 0.29) is 24.0 Å². The second-order valence-corrected chi connectivity index (χ2v) is 8.35. The fraction of sp³-hybridized carbons (Fsp3) is 0.227. The molecule has 0 spiro atoms. The first kappa shape index (κ1) is 21.1. The number of phenols is 1. The van der Waals surface area contributed by atoms with E-state index in [0.717, 1.165) is 17.5 Å². The number of benzene rings is 2. The molecule has 2 aromatic rings. The van der Waals surface area contributed by atoms with Gasteiger partial charge in [-0.3, -0.25) is 14.5 Å². The zero-order valence-corrected chi connectivity index (χ0v) is 17.9. The molecule has 29 heavy (non-hydrogen) atoms. The first-order valence-corrected chi connectivity index (χ1v) is 10.4. The van der Waals surface area contributed by atoms with Crippen molar-refractivity contribution in [3.8, 4) is 11.5 Å². The summed E-state index contributed by atoms with van der Waals surface area (Å²) in [5.74, 6) is 0.189. The summed E-state index contributed by atoms with van der Waals surface area (Å²) in [6.45, 7) is 7.39. The smallest absolute Gasteiger partial charge is 0.270 e. The predicted molar refractivity (Wildman–Crippen MR) is 120 cm³/mol. The molecule has 0 atom stereocenters. The van der Waals surface area contributed by atoms with Crippen molar-refractivity contribution in [3.05, 3.63) is 64.6 Å². The molecule has 0 unspecified atom stereocenters. The molecule has 1 fully saturated rings. The minimum atomic E-state index is -0.230. The van der Waals surface area contributed by atoms with Crippen molar-refractivity contribution in [1.29, 1.82) is 0 Å². The van der Waals surface area contributed by atoms with Crippen LogP contribution in [0.4, 0.5) is 5.69 Å². The van der Waals surface area contributed by atoms with Crippen LogP contribution in [-0.2, 0) is 17.8 Å². The number of amides is 1. The number of anilines is 1. The van der Waals surface area contributed by atoms with Gasteiger partial charge in [0, 0.05) is 11.6 Å². The molecule has 3 rings (SSSR count). The maximum absolute atomic E-state index is 12.3. The first-order valence-electron chi connectivity index (χ1n) is 9.16. The van der Waals surface area contributed by atoms with E-state index in [2.05, 4.69) is 6.58 Å². The number of hydrogen-bond donors (Lipinski definition) is 1. The number of carbonyl (C=O) groups excluding carboxylic acids is 2. The summed E-state index contributed by atoms with van der Waals surface area (Å²) in [7, 11) is 0. The zero-order chi connectivity index (χ0) is 21.1. The van der Waals surface area contributed by atoms with Gasteiger partial charge in [-0.2, -0.15) is 0 Å². The van der Waals surface area contributed by atoms with Crippen molar-refractivity contribution in [1.82, 2.24) is 0 Å². The zero-order valence-electron chi connectivity index (χ0n) is 16.2. The third kappa shape index (κ3) is 4.36. The van der Waals surface area contributed by atoms with Crippen LogP contribution in [0.1, 0.15) is 41.8 Å². The maximum atomic E-state index is 12.3. The number of aromatic hydroxyl groups is 1. The van der Waals surface area contributed by atoms with Crippen LogP contribution in [0.5, 0.6) is 11.5 Å². The minimum Gasteiger partial charge on any atom is -0.507 e. The molecule has 2 aromatic carbocycles. The van der Waals surface area contributed by atoms with Gasteiger partial charge in [0.15, 0.2) is 10.1 Å². The molecule has 1 saturated heterocycles. The quantitative estimate of drug-likeness (QED) is 0.381. The van der Waals surface area contributed by atoms with Crippen LogP contribution < -0.4 is 9.64 Å². The average molecular weight is 428 g/mol. The van der Waals surface area contributed by atoms with E-state index >= 15 is 0 Å². The number of ketones is 1. The number of nitrogens with zero attached hydrogens (tertiary/aromatic N) is 1. The van der Waals surface area contributed by atoms with Gasteiger partial charge in [-0.15, -0.1) is 0 Å². The molecule has 1 aliphatic rings. The van der Waals surface area contributed by atoms with Crippen molar-refractivity contribution in [2.24, 2.45) is 0 Å². The lowest BCUT2D eigenvalue weighted by atomic mass is 9.97. The summed E-state index contributed by atoms with van der Waals surface area (Å²) in [6.07, 6.45) is 1.47. The summed E-state index contributed by atoms with van der Waals surface area (Å²) >= 11 is 6.44. The lowest BCUT2D eigenvalue weighted by Gasteiger charge is -2.17. The van der Waals surface area contributed by atoms with Crippen molar-refractivity contribution in [2.75, 3.05) is 4.90 Å². The van der Waals surface area contributed by atoms with Gasteiger partial charge < -0.3 is 9.84 Å². The molecule has 0 aromatic heterocycles. The van der Waals surface area contributed by atoms with Crippen molar-refractivity contribution < 1.29 is 19.4 Å². The van der Waals surface area contributed by atoms with Crippen LogP contribution in [0.15, 0.2) is 47.9 Å². The standard InChI is InChI=1S/C22H21NO4S2/c1-4-6-19-15(9-10-18(13(2)24)20(19)25)12-27-17-8-5-7-16(11-17)23-21(26)14(3)29-22(23)28/h5,7-11,25H,3-4,6,12H2,1-2H3. The third-order valence-corrected chi connectivity index (χ3v) is 5.77.